The Morgan fingerprint density at radius 3 is 3.00 bits per heavy atom. The Morgan fingerprint density at radius 2 is 2.25 bits per heavy atom. The molecule has 1 heterocycles. The zero-order chi connectivity index (χ0) is 8.72. The number of anilines is 2. The lowest BCUT2D eigenvalue weighted by molar-refractivity contribution is 0.956. The third-order valence-electron chi connectivity index (χ3n) is 2.39. The molecule has 0 spiro atoms. The molecule has 1 aromatic carbocycles. The molecule has 0 fully saturated rings. The van der Waals surface area contributed by atoms with Crippen molar-refractivity contribution < 1.29 is 0 Å². The molecule has 0 aromatic heterocycles. The molecule has 64 valence electrons. The summed E-state index contributed by atoms with van der Waals surface area (Å²) < 4.78 is 1.01. The van der Waals surface area contributed by atoms with Crippen LogP contribution in [-0.2, 0) is 6.42 Å². The van der Waals surface area contributed by atoms with Crippen LogP contribution in [0.4, 0.5) is 11.4 Å². The van der Waals surface area contributed by atoms with E-state index in [1.54, 1.807) is 0 Å². The first kappa shape index (κ1) is 7.92. The van der Waals surface area contributed by atoms with E-state index in [2.05, 4.69) is 33.9 Å². The summed E-state index contributed by atoms with van der Waals surface area (Å²) in [6.45, 7) is 1.08. The molecule has 0 amide bonds. The minimum atomic E-state index is 0.900. The van der Waals surface area contributed by atoms with Crippen LogP contribution in [0.15, 0.2) is 16.6 Å². The highest BCUT2D eigenvalue weighted by Gasteiger charge is 2.18. The summed E-state index contributed by atoms with van der Waals surface area (Å²) in [5.74, 6) is 0. The maximum atomic E-state index is 5.92. The Morgan fingerprint density at radius 1 is 1.50 bits per heavy atom. The fourth-order valence-electron chi connectivity index (χ4n) is 1.64. The van der Waals surface area contributed by atoms with Gasteiger partial charge in [-0.3, -0.25) is 0 Å². The molecule has 1 aliphatic rings. The standard InChI is InChI=1S/C9H11BrN2/c1-12-5-4-6-8(12)3-2-7(10)9(6)11/h2-3H,4-5,11H2,1H3. The Labute approximate surface area is 80.5 Å². The van der Waals surface area contributed by atoms with E-state index in [9.17, 15) is 0 Å². The first-order chi connectivity index (χ1) is 5.70. The van der Waals surface area contributed by atoms with Gasteiger partial charge in [-0.05, 0) is 34.5 Å². The van der Waals surface area contributed by atoms with Gasteiger partial charge in [0.1, 0.15) is 0 Å². The number of likely N-dealkylation sites (N-methyl/N-ethyl adjacent to an activating group) is 1. The molecule has 0 saturated heterocycles. The number of nitrogens with zero attached hydrogens (tertiary/aromatic N) is 1. The monoisotopic (exact) mass is 226 g/mol. The zero-order valence-corrected chi connectivity index (χ0v) is 8.56. The van der Waals surface area contributed by atoms with Crippen LogP contribution in [0.5, 0.6) is 0 Å². The Kier molecular flexibility index (Phi) is 1.76. The highest BCUT2D eigenvalue weighted by Crippen LogP contribution is 2.35. The molecule has 0 bridgehead atoms. The van der Waals surface area contributed by atoms with E-state index in [-0.39, 0.29) is 0 Å². The molecule has 0 radical (unpaired) electrons. The summed E-state index contributed by atoms with van der Waals surface area (Å²) in [6.07, 6.45) is 1.07. The smallest absolute Gasteiger partial charge is 0.0512 e. The van der Waals surface area contributed by atoms with Crippen molar-refractivity contribution in [1.29, 1.82) is 0 Å². The van der Waals surface area contributed by atoms with Crippen molar-refractivity contribution >= 4 is 27.3 Å². The van der Waals surface area contributed by atoms with Crippen LogP contribution < -0.4 is 10.6 Å². The number of fused-ring (bicyclic) bond motifs is 1. The van der Waals surface area contributed by atoms with Gasteiger partial charge in [-0.1, -0.05) is 0 Å². The summed E-state index contributed by atoms with van der Waals surface area (Å²) in [5.41, 5.74) is 9.38. The minimum Gasteiger partial charge on any atom is -0.398 e. The van der Waals surface area contributed by atoms with Gasteiger partial charge in [-0.25, -0.2) is 0 Å². The van der Waals surface area contributed by atoms with Crippen LogP contribution in [0.25, 0.3) is 0 Å². The Hall–Kier alpha value is -0.700. The first-order valence-electron chi connectivity index (χ1n) is 3.98. The van der Waals surface area contributed by atoms with Crippen LogP contribution in [-0.4, -0.2) is 13.6 Å². The van der Waals surface area contributed by atoms with E-state index in [0.717, 1.165) is 23.1 Å². The van der Waals surface area contributed by atoms with E-state index in [1.165, 1.54) is 11.3 Å². The summed E-state index contributed by atoms with van der Waals surface area (Å²) >= 11 is 3.43. The van der Waals surface area contributed by atoms with Gasteiger partial charge in [0.2, 0.25) is 0 Å². The maximum Gasteiger partial charge on any atom is 0.0512 e. The van der Waals surface area contributed by atoms with Crippen molar-refractivity contribution in [3.8, 4) is 0 Å². The summed E-state index contributed by atoms with van der Waals surface area (Å²) in [4.78, 5) is 2.23. The number of rotatable bonds is 0. The van der Waals surface area contributed by atoms with Crippen LogP contribution in [0, 0.1) is 0 Å². The molecule has 0 atom stereocenters. The quantitative estimate of drug-likeness (QED) is 0.687. The van der Waals surface area contributed by atoms with E-state index in [0.29, 0.717) is 0 Å². The summed E-state index contributed by atoms with van der Waals surface area (Å²) in [7, 11) is 2.10. The van der Waals surface area contributed by atoms with Gasteiger partial charge in [-0.2, -0.15) is 0 Å². The van der Waals surface area contributed by atoms with E-state index < -0.39 is 0 Å². The van der Waals surface area contributed by atoms with Crippen LogP contribution in [0.1, 0.15) is 5.56 Å². The van der Waals surface area contributed by atoms with Crippen molar-refractivity contribution in [3.63, 3.8) is 0 Å². The number of benzene rings is 1. The second kappa shape index (κ2) is 2.66. The molecule has 2 N–H and O–H groups in total. The average Bonchev–Trinajstić information content (AvgIpc) is 2.41. The molecular weight excluding hydrogens is 216 g/mol. The maximum absolute atomic E-state index is 5.92. The topological polar surface area (TPSA) is 29.3 Å². The highest BCUT2D eigenvalue weighted by atomic mass is 79.9. The summed E-state index contributed by atoms with van der Waals surface area (Å²) in [5, 5.41) is 0. The van der Waals surface area contributed by atoms with Gasteiger partial charge in [0.05, 0.1) is 5.69 Å². The van der Waals surface area contributed by atoms with Crippen molar-refractivity contribution in [2.75, 3.05) is 24.2 Å². The van der Waals surface area contributed by atoms with E-state index in [1.807, 2.05) is 6.07 Å². The number of halogens is 1. The lowest BCUT2D eigenvalue weighted by atomic mass is 10.1. The minimum absolute atomic E-state index is 0.900. The average molecular weight is 227 g/mol. The van der Waals surface area contributed by atoms with Gasteiger partial charge in [-0.15, -0.1) is 0 Å². The number of hydrogen-bond donors (Lipinski definition) is 1. The largest absolute Gasteiger partial charge is 0.398 e. The van der Waals surface area contributed by atoms with Crippen molar-refractivity contribution in [2.24, 2.45) is 0 Å². The Bertz CT molecular complexity index is 323. The molecule has 1 aromatic rings. The van der Waals surface area contributed by atoms with Crippen LogP contribution in [0.2, 0.25) is 0 Å². The van der Waals surface area contributed by atoms with Gasteiger partial charge < -0.3 is 10.6 Å². The predicted octanol–water partition coefficient (Wildman–Crippen LogP) is 2.02. The molecule has 3 heteroatoms. The van der Waals surface area contributed by atoms with Crippen LogP contribution in [0.3, 0.4) is 0 Å². The highest BCUT2D eigenvalue weighted by molar-refractivity contribution is 9.10. The number of nitrogen functional groups attached to an aromatic ring is 1. The predicted molar refractivity (Wildman–Crippen MR) is 55.5 cm³/mol. The molecular formula is C9H11BrN2. The fraction of sp³-hybridized carbons (Fsp3) is 0.333. The molecule has 1 aliphatic heterocycles. The van der Waals surface area contributed by atoms with Gasteiger partial charge >= 0.3 is 0 Å². The number of nitrogens with two attached hydrogens (primary N) is 1. The first-order valence-corrected chi connectivity index (χ1v) is 4.77. The fourth-order valence-corrected chi connectivity index (χ4v) is 2.02. The van der Waals surface area contributed by atoms with Crippen LogP contribution >= 0.6 is 15.9 Å². The molecule has 2 rings (SSSR count). The second-order valence-electron chi connectivity index (χ2n) is 3.13. The SMILES string of the molecule is CN1CCc2c1ccc(Br)c2N. The van der Waals surface area contributed by atoms with Gasteiger partial charge in [0.15, 0.2) is 0 Å². The van der Waals surface area contributed by atoms with Crippen molar-refractivity contribution in [1.82, 2.24) is 0 Å². The van der Waals surface area contributed by atoms with E-state index in [4.69, 9.17) is 5.73 Å². The molecule has 0 aliphatic carbocycles. The molecule has 0 saturated carbocycles. The van der Waals surface area contributed by atoms with Gasteiger partial charge in [0.25, 0.3) is 0 Å². The second-order valence-corrected chi connectivity index (χ2v) is 3.98. The normalized spacial score (nSPS) is 15.0. The third kappa shape index (κ3) is 1.00. The lowest BCUT2D eigenvalue weighted by Gasteiger charge is -2.12. The van der Waals surface area contributed by atoms with Crippen molar-refractivity contribution in [3.05, 3.63) is 22.2 Å². The molecule has 12 heavy (non-hydrogen) atoms. The van der Waals surface area contributed by atoms with Gasteiger partial charge in [0, 0.05) is 29.3 Å². The number of hydrogen-bond acceptors (Lipinski definition) is 2. The van der Waals surface area contributed by atoms with E-state index >= 15 is 0 Å². The third-order valence-corrected chi connectivity index (χ3v) is 3.08. The summed E-state index contributed by atoms with van der Waals surface area (Å²) in [6, 6.07) is 4.12. The van der Waals surface area contributed by atoms with Crippen molar-refractivity contribution in [2.45, 2.75) is 6.42 Å². The molecule has 0 unspecified atom stereocenters. The zero-order valence-electron chi connectivity index (χ0n) is 6.97. The Balaban J connectivity index is 2.60. The lowest BCUT2D eigenvalue weighted by Crippen LogP contribution is -2.12. The molecule has 2 nitrogen and oxygen atoms in total.